The molecule has 2 heterocycles. The Balaban J connectivity index is 1.37. The summed E-state index contributed by atoms with van der Waals surface area (Å²) in [6, 6.07) is 35.4. The minimum atomic E-state index is -1.30. The molecule has 6 nitrogen and oxygen atoms in total. The Hall–Kier alpha value is -3.36. The zero-order chi connectivity index (χ0) is 33.8. The molecule has 0 aliphatic carbocycles. The maximum absolute atomic E-state index is 11.7. The summed E-state index contributed by atoms with van der Waals surface area (Å²) < 4.78 is 27.6. The van der Waals surface area contributed by atoms with Crippen LogP contribution < -0.4 is 0 Å². The third-order valence-corrected chi connectivity index (χ3v) is 10.4. The highest BCUT2D eigenvalue weighted by Gasteiger charge is 2.71. The molecular weight excluding hydrogens is 600 g/mol. The lowest BCUT2D eigenvalue weighted by Gasteiger charge is -2.54. The van der Waals surface area contributed by atoms with Gasteiger partial charge >= 0.3 is 0 Å². The third-order valence-electron chi connectivity index (χ3n) is 10.4. The Labute approximate surface area is 285 Å². The van der Waals surface area contributed by atoms with Gasteiger partial charge in [-0.25, -0.2) is 0 Å². The molecule has 0 unspecified atom stereocenters. The summed E-state index contributed by atoms with van der Waals surface area (Å²) >= 11 is 0. The normalized spacial score (nSPS) is 25.3. The highest BCUT2D eigenvalue weighted by atomic mass is 16.8. The first-order chi connectivity index (χ1) is 23.1. The number of aryl methyl sites for hydroxylation is 2. The van der Waals surface area contributed by atoms with Crippen molar-refractivity contribution in [1.82, 2.24) is 0 Å². The van der Waals surface area contributed by atoms with Crippen LogP contribution in [-0.4, -0.2) is 46.8 Å². The summed E-state index contributed by atoms with van der Waals surface area (Å²) in [7, 11) is 0. The molecule has 6 heteroatoms. The van der Waals surface area contributed by atoms with Crippen LogP contribution in [0, 0.1) is 12.8 Å². The topological polar surface area (TPSA) is 77.4 Å². The fourth-order valence-corrected chi connectivity index (χ4v) is 7.34. The van der Waals surface area contributed by atoms with E-state index in [2.05, 4.69) is 80.6 Å². The van der Waals surface area contributed by atoms with E-state index in [4.69, 9.17) is 24.1 Å². The van der Waals surface area contributed by atoms with Crippen LogP contribution in [0.1, 0.15) is 72.6 Å². The molecule has 48 heavy (non-hydrogen) atoms. The molecule has 0 radical (unpaired) electrons. The van der Waals surface area contributed by atoms with Gasteiger partial charge in [-0.05, 0) is 85.9 Å². The van der Waals surface area contributed by atoms with Crippen LogP contribution >= 0.6 is 0 Å². The van der Waals surface area contributed by atoms with Crippen LogP contribution in [0.4, 0.5) is 0 Å². The van der Waals surface area contributed by atoms with Gasteiger partial charge in [0.25, 0.3) is 0 Å². The maximum atomic E-state index is 11.7. The molecule has 0 amide bonds. The molecule has 4 aromatic rings. The fraction of sp³-hybridized carbons (Fsp3) is 0.429. The summed E-state index contributed by atoms with van der Waals surface area (Å²) in [5, 5.41) is 20.9. The monoisotopic (exact) mass is 650 g/mol. The van der Waals surface area contributed by atoms with E-state index >= 15 is 0 Å². The first kappa shape index (κ1) is 34.5. The molecule has 2 N–H and O–H groups in total. The minimum Gasteiger partial charge on any atom is -0.396 e. The molecule has 0 aromatic heterocycles. The van der Waals surface area contributed by atoms with Crippen molar-refractivity contribution in [1.29, 1.82) is 0 Å². The van der Waals surface area contributed by atoms with Crippen LogP contribution in [0.3, 0.4) is 0 Å². The lowest BCUT2D eigenvalue weighted by Crippen LogP contribution is -2.68. The zero-order valence-corrected chi connectivity index (χ0v) is 28.7. The largest absolute Gasteiger partial charge is 0.396 e. The van der Waals surface area contributed by atoms with Crippen LogP contribution in [0.2, 0.25) is 0 Å². The van der Waals surface area contributed by atoms with Crippen LogP contribution in [0.15, 0.2) is 103 Å². The van der Waals surface area contributed by atoms with Gasteiger partial charge in [0.15, 0.2) is 0 Å². The summed E-state index contributed by atoms with van der Waals surface area (Å²) in [6.45, 7) is 9.01. The maximum Gasteiger partial charge on any atom is 0.225 e. The van der Waals surface area contributed by atoms with Crippen LogP contribution in [-0.2, 0) is 50.8 Å². The minimum absolute atomic E-state index is 0.203. The second-order valence-corrected chi connectivity index (χ2v) is 14.1. The van der Waals surface area contributed by atoms with E-state index in [1.165, 1.54) is 22.3 Å². The molecule has 6 rings (SSSR count). The van der Waals surface area contributed by atoms with Crippen LogP contribution in [0.5, 0.6) is 0 Å². The summed E-state index contributed by atoms with van der Waals surface area (Å²) in [4.78, 5) is 0. The SMILES string of the molecule is Cc1ccc([C@]23OC[C@](C(C)(C)O)(O2)[C@@H](C)[C@H](OCc2ccccc2)[C@H]3OCc2ccccc2)cc1Cc1ccc(CCCCO)cc1. The number of hydrogen-bond donors (Lipinski definition) is 2. The van der Waals surface area contributed by atoms with Crippen molar-refractivity contribution < 1.29 is 29.2 Å². The average molecular weight is 651 g/mol. The number of ether oxygens (including phenoxy) is 4. The van der Waals surface area contributed by atoms with Gasteiger partial charge in [-0.1, -0.05) is 104 Å². The van der Waals surface area contributed by atoms with Gasteiger partial charge < -0.3 is 29.2 Å². The molecular formula is C42H50O6. The summed E-state index contributed by atoms with van der Waals surface area (Å²) in [5.74, 6) is -1.56. The van der Waals surface area contributed by atoms with Crippen molar-refractivity contribution >= 4 is 0 Å². The molecule has 254 valence electrons. The Bertz CT molecular complexity index is 1620. The van der Waals surface area contributed by atoms with Gasteiger partial charge in [0.2, 0.25) is 5.79 Å². The molecule has 0 saturated carbocycles. The van der Waals surface area contributed by atoms with Crippen molar-refractivity contribution in [3.8, 4) is 0 Å². The third kappa shape index (κ3) is 7.02. The van der Waals surface area contributed by atoms with Crippen molar-refractivity contribution in [2.24, 2.45) is 5.92 Å². The van der Waals surface area contributed by atoms with Crippen molar-refractivity contribution in [2.45, 2.75) is 95.8 Å². The highest BCUT2D eigenvalue weighted by Crippen LogP contribution is 2.57. The Kier molecular flexibility index (Phi) is 10.5. The zero-order valence-electron chi connectivity index (χ0n) is 28.7. The van der Waals surface area contributed by atoms with Gasteiger partial charge in [-0.3, -0.25) is 0 Å². The quantitative estimate of drug-likeness (QED) is 0.138. The smallest absolute Gasteiger partial charge is 0.225 e. The van der Waals surface area contributed by atoms with Gasteiger partial charge in [-0.15, -0.1) is 0 Å². The molecule has 0 spiro atoms. The van der Waals surface area contributed by atoms with E-state index in [9.17, 15) is 5.11 Å². The molecule has 2 fully saturated rings. The summed E-state index contributed by atoms with van der Waals surface area (Å²) in [5.41, 5.74) is 5.56. The molecule has 5 atom stereocenters. The number of fused-ring (bicyclic) bond motifs is 2. The molecule has 4 aromatic carbocycles. The predicted molar refractivity (Wildman–Crippen MR) is 187 cm³/mol. The van der Waals surface area contributed by atoms with E-state index in [0.717, 1.165) is 42.4 Å². The fourth-order valence-electron chi connectivity index (χ4n) is 7.34. The molecule has 2 saturated heterocycles. The van der Waals surface area contributed by atoms with Gasteiger partial charge in [0.1, 0.15) is 11.7 Å². The van der Waals surface area contributed by atoms with Crippen molar-refractivity contribution in [3.05, 3.63) is 142 Å². The number of aliphatic hydroxyl groups is 2. The first-order valence-electron chi connectivity index (χ1n) is 17.3. The second-order valence-electron chi connectivity index (χ2n) is 14.1. The van der Waals surface area contributed by atoms with E-state index in [1.807, 2.05) is 36.4 Å². The molecule has 2 aliphatic rings. The van der Waals surface area contributed by atoms with Gasteiger partial charge in [-0.2, -0.15) is 0 Å². The van der Waals surface area contributed by atoms with E-state index < -0.39 is 29.2 Å². The lowest BCUT2D eigenvalue weighted by molar-refractivity contribution is -0.352. The summed E-state index contributed by atoms with van der Waals surface area (Å²) in [6.07, 6.45) is 2.45. The van der Waals surface area contributed by atoms with Gasteiger partial charge in [0.05, 0.1) is 31.5 Å². The number of hydrogen-bond acceptors (Lipinski definition) is 6. The highest BCUT2D eigenvalue weighted by molar-refractivity contribution is 5.39. The Morgan fingerprint density at radius 3 is 2.04 bits per heavy atom. The van der Waals surface area contributed by atoms with Gasteiger partial charge in [0, 0.05) is 18.1 Å². The first-order valence-corrected chi connectivity index (χ1v) is 17.3. The van der Waals surface area contributed by atoms with Crippen molar-refractivity contribution in [2.75, 3.05) is 13.2 Å². The second kappa shape index (κ2) is 14.6. The Morgan fingerprint density at radius 2 is 1.42 bits per heavy atom. The van der Waals surface area contributed by atoms with Crippen molar-refractivity contribution in [3.63, 3.8) is 0 Å². The predicted octanol–water partition coefficient (Wildman–Crippen LogP) is 7.43. The van der Waals surface area contributed by atoms with Crippen LogP contribution in [0.25, 0.3) is 0 Å². The number of unbranched alkanes of at least 4 members (excludes halogenated alkanes) is 1. The van der Waals surface area contributed by atoms with E-state index in [0.29, 0.717) is 13.2 Å². The number of aliphatic hydroxyl groups excluding tert-OH is 1. The number of rotatable bonds is 14. The average Bonchev–Trinajstić information content (AvgIpc) is 3.48. The standard InChI is InChI=1S/C42H50O6/c1-30-18-23-37(26-36(30)25-33-21-19-32(20-22-33)13-11-12-24-43)42-39(46-28-35-16-9-6-10-17-35)38(45-27-34-14-7-5-8-15-34)31(2)41(48-42,29-47-42)40(3,4)44/h5-10,14-23,26,31,38-39,43-44H,11-13,24-25,27-29H2,1-4H3/t31-,38-,39+,41-,42-/m0/s1. The molecule has 2 bridgehead atoms. The lowest BCUT2D eigenvalue weighted by atomic mass is 9.70. The van der Waals surface area contributed by atoms with E-state index in [-0.39, 0.29) is 19.1 Å². The van der Waals surface area contributed by atoms with E-state index in [1.54, 1.807) is 13.8 Å². The number of benzene rings is 4. The Morgan fingerprint density at radius 1 is 0.792 bits per heavy atom. The molecule has 2 aliphatic heterocycles.